The number of aromatic nitrogens is 3. The van der Waals surface area contributed by atoms with Crippen LogP contribution in [0.2, 0.25) is 0 Å². The standard InChI is InChI=1S/C29H27F3N6O3/c1-19-2-3-20(18-38-12-14-40-15-13-38)16-26(19)36-27(39)25-9-6-22(17-34-25)35-28-33-11-10-24(37-28)21-4-7-23(8-5-21)41-29(30,31)32/h2-11,16-17H,12-15,18H2,1H3,(H,36,39)(H,33,35,37). The zero-order valence-electron chi connectivity index (χ0n) is 22.1. The molecule has 0 unspecified atom stereocenters. The number of morpholine rings is 1. The number of carbonyl (C=O) groups is 1. The number of amides is 1. The van der Waals surface area contributed by atoms with Crippen LogP contribution in [0.3, 0.4) is 0 Å². The highest BCUT2D eigenvalue weighted by atomic mass is 19.4. The lowest BCUT2D eigenvalue weighted by atomic mass is 10.1. The Bertz CT molecular complexity index is 1490. The maximum absolute atomic E-state index is 12.9. The number of alkyl halides is 3. The Labute approximate surface area is 234 Å². The minimum atomic E-state index is -4.76. The summed E-state index contributed by atoms with van der Waals surface area (Å²) < 4.78 is 46.6. The summed E-state index contributed by atoms with van der Waals surface area (Å²) in [6.07, 6.45) is -1.74. The van der Waals surface area contributed by atoms with E-state index in [9.17, 15) is 18.0 Å². The number of pyridine rings is 1. The van der Waals surface area contributed by atoms with Crippen LogP contribution in [0.25, 0.3) is 11.3 Å². The first-order chi connectivity index (χ1) is 19.7. The number of hydrogen-bond acceptors (Lipinski definition) is 8. The van der Waals surface area contributed by atoms with E-state index in [4.69, 9.17) is 4.74 Å². The van der Waals surface area contributed by atoms with Crippen molar-refractivity contribution < 1.29 is 27.4 Å². The predicted octanol–water partition coefficient (Wildman–Crippen LogP) is 5.57. The van der Waals surface area contributed by atoms with E-state index >= 15 is 0 Å². The van der Waals surface area contributed by atoms with Crippen LogP contribution >= 0.6 is 0 Å². The molecular weight excluding hydrogens is 537 g/mol. The van der Waals surface area contributed by atoms with Gasteiger partial charge in [-0.3, -0.25) is 9.69 Å². The number of halogens is 3. The molecular formula is C29H27F3N6O3. The van der Waals surface area contributed by atoms with Gasteiger partial charge in [0.2, 0.25) is 5.95 Å². The lowest BCUT2D eigenvalue weighted by Crippen LogP contribution is -2.35. The summed E-state index contributed by atoms with van der Waals surface area (Å²) in [6.45, 7) is 5.93. The fourth-order valence-electron chi connectivity index (χ4n) is 4.24. The molecule has 1 saturated heterocycles. The summed E-state index contributed by atoms with van der Waals surface area (Å²) in [7, 11) is 0. The van der Waals surface area contributed by atoms with Crippen molar-refractivity contribution in [3.63, 3.8) is 0 Å². The molecule has 0 aliphatic carbocycles. The van der Waals surface area contributed by atoms with Crippen molar-refractivity contribution in [2.24, 2.45) is 0 Å². The first-order valence-electron chi connectivity index (χ1n) is 12.9. The summed E-state index contributed by atoms with van der Waals surface area (Å²) >= 11 is 0. The number of carbonyl (C=O) groups excluding carboxylic acids is 1. The number of aryl methyl sites for hydroxylation is 1. The minimum absolute atomic E-state index is 0.240. The van der Waals surface area contributed by atoms with Crippen molar-refractivity contribution >= 4 is 23.2 Å². The smallest absolute Gasteiger partial charge is 0.406 e. The van der Waals surface area contributed by atoms with Crippen LogP contribution in [0.5, 0.6) is 5.75 Å². The molecule has 1 amide bonds. The molecule has 41 heavy (non-hydrogen) atoms. The number of ether oxygens (including phenoxy) is 2. The molecule has 9 nitrogen and oxygen atoms in total. The molecule has 0 atom stereocenters. The molecule has 2 aromatic carbocycles. The van der Waals surface area contributed by atoms with Crippen LogP contribution in [-0.2, 0) is 11.3 Å². The Morgan fingerprint density at radius 1 is 1.02 bits per heavy atom. The van der Waals surface area contributed by atoms with Crippen molar-refractivity contribution in [1.29, 1.82) is 0 Å². The van der Waals surface area contributed by atoms with Crippen LogP contribution in [0.15, 0.2) is 73.1 Å². The third kappa shape index (κ3) is 7.77. The number of nitrogens with zero attached hydrogens (tertiary/aromatic N) is 4. The normalized spacial score (nSPS) is 14.0. The van der Waals surface area contributed by atoms with Gasteiger partial charge in [-0.1, -0.05) is 12.1 Å². The number of benzene rings is 2. The van der Waals surface area contributed by atoms with Crippen LogP contribution in [0, 0.1) is 6.92 Å². The van der Waals surface area contributed by atoms with Gasteiger partial charge in [0.05, 0.1) is 30.8 Å². The second kappa shape index (κ2) is 12.3. The first-order valence-corrected chi connectivity index (χ1v) is 12.9. The van der Waals surface area contributed by atoms with E-state index in [1.54, 1.807) is 18.2 Å². The molecule has 2 N–H and O–H groups in total. The molecule has 1 aliphatic heterocycles. The molecule has 1 fully saturated rings. The number of anilines is 3. The molecule has 5 rings (SSSR count). The molecule has 1 aliphatic rings. The Balaban J connectivity index is 1.21. The molecule has 0 saturated carbocycles. The molecule has 4 aromatic rings. The quantitative estimate of drug-likeness (QED) is 0.286. The Morgan fingerprint density at radius 3 is 2.51 bits per heavy atom. The highest BCUT2D eigenvalue weighted by Gasteiger charge is 2.31. The predicted molar refractivity (Wildman–Crippen MR) is 147 cm³/mol. The SMILES string of the molecule is Cc1ccc(CN2CCOCC2)cc1NC(=O)c1ccc(Nc2nccc(-c3ccc(OC(F)(F)F)cc3)n2)cn1. The van der Waals surface area contributed by atoms with Gasteiger partial charge < -0.3 is 20.1 Å². The van der Waals surface area contributed by atoms with Crippen LogP contribution in [0.4, 0.5) is 30.5 Å². The summed E-state index contributed by atoms with van der Waals surface area (Å²) in [5.74, 6) is -0.399. The second-order valence-electron chi connectivity index (χ2n) is 9.39. The minimum Gasteiger partial charge on any atom is -0.406 e. The third-order valence-electron chi connectivity index (χ3n) is 6.35. The first kappa shape index (κ1) is 28.0. The average molecular weight is 565 g/mol. The van der Waals surface area contributed by atoms with E-state index in [2.05, 4.69) is 41.3 Å². The molecule has 0 radical (unpaired) electrons. The van der Waals surface area contributed by atoms with Gasteiger partial charge in [-0.25, -0.2) is 15.0 Å². The number of hydrogen-bond donors (Lipinski definition) is 2. The number of nitrogens with one attached hydrogen (secondary N) is 2. The van der Waals surface area contributed by atoms with Crippen molar-refractivity contribution in [3.8, 4) is 17.0 Å². The third-order valence-corrected chi connectivity index (χ3v) is 6.35. The summed E-state index contributed by atoms with van der Waals surface area (Å²) in [4.78, 5) is 28.1. The molecule has 3 heterocycles. The van der Waals surface area contributed by atoms with E-state index in [0.717, 1.165) is 49.7 Å². The van der Waals surface area contributed by atoms with Gasteiger partial charge in [-0.2, -0.15) is 0 Å². The highest BCUT2D eigenvalue weighted by molar-refractivity contribution is 6.03. The van der Waals surface area contributed by atoms with Crippen LogP contribution in [-0.4, -0.2) is 58.4 Å². The van der Waals surface area contributed by atoms with Gasteiger partial charge in [0, 0.05) is 37.1 Å². The van der Waals surface area contributed by atoms with E-state index in [1.807, 2.05) is 19.1 Å². The van der Waals surface area contributed by atoms with Gasteiger partial charge in [0.1, 0.15) is 11.4 Å². The van der Waals surface area contributed by atoms with Crippen molar-refractivity contribution in [2.45, 2.75) is 19.8 Å². The average Bonchev–Trinajstić information content (AvgIpc) is 2.95. The molecule has 212 valence electrons. The molecule has 0 spiro atoms. The van der Waals surface area contributed by atoms with Crippen LogP contribution in [0.1, 0.15) is 21.6 Å². The molecule has 12 heteroatoms. The van der Waals surface area contributed by atoms with Gasteiger partial charge in [0.25, 0.3) is 5.91 Å². The summed E-state index contributed by atoms with van der Waals surface area (Å²) in [5, 5.41) is 5.98. The summed E-state index contributed by atoms with van der Waals surface area (Å²) in [6, 6.07) is 16.3. The Kier molecular flexibility index (Phi) is 8.41. The largest absolute Gasteiger partial charge is 0.573 e. The second-order valence-corrected chi connectivity index (χ2v) is 9.39. The zero-order chi connectivity index (χ0) is 28.8. The van der Waals surface area contributed by atoms with Crippen LogP contribution < -0.4 is 15.4 Å². The van der Waals surface area contributed by atoms with E-state index in [1.165, 1.54) is 36.7 Å². The van der Waals surface area contributed by atoms with Crippen molar-refractivity contribution in [3.05, 3.63) is 89.9 Å². The van der Waals surface area contributed by atoms with E-state index < -0.39 is 6.36 Å². The molecule has 2 aromatic heterocycles. The van der Waals surface area contributed by atoms with Gasteiger partial charge in [-0.05, 0) is 66.6 Å². The fraction of sp³-hybridized carbons (Fsp3) is 0.241. The lowest BCUT2D eigenvalue weighted by Gasteiger charge is -2.26. The Hall–Kier alpha value is -4.55. The number of rotatable bonds is 8. The van der Waals surface area contributed by atoms with E-state index in [0.29, 0.717) is 16.9 Å². The maximum Gasteiger partial charge on any atom is 0.573 e. The topological polar surface area (TPSA) is 102 Å². The summed E-state index contributed by atoms with van der Waals surface area (Å²) in [5.41, 5.74) is 4.65. The zero-order valence-corrected chi connectivity index (χ0v) is 22.1. The monoisotopic (exact) mass is 564 g/mol. The maximum atomic E-state index is 12.9. The van der Waals surface area contributed by atoms with Gasteiger partial charge >= 0.3 is 6.36 Å². The van der Waals surface area contributed by atoms with Gasteiger partial charge in [0.15, 0.2) is 0 Å². The highest BCUT2D eigenvalue weighted by Crippen LogP contribution is 2.26. The van der Waals surface area contributed by atoms with Crippen molar-refractivity contribution in [2.75, 3.05) is 36.9 Å². The van der Waals surface area contributed by atoms with Crippen molar-refractivity contribution in [1.82, 2.24) is 19.9 Å². The van der Waals surface area contributed by atoms with E-state index in [-0.39, 0.29) is 23.3 Å². The fourth-order valence-corrected chi connectivity index (χ4v) is 4.24. The Morgan fingerprint density at radius 2 is 1.80 bits per heavy atom. The lowest BCUT2D eigenvalue weighted by molar-refractivity contribution is -0.274. The van der Waals surface area contributed by atoms with Gasteiger partial charge in [-0.15, -0.1) is 13.2 Å². The molecule has 0 bridgehead atoms.